The van der Waals surface area contributed by atoms with Crippen LogP contribution < -0.4 is 4.90 Å². The molecule has 8 heteroatoms. The van der Waals surface area contributed by atoms with Crippen molar-refractivity contribution in [3.8, 4) is 0 Å². The Morgan fingerprint density at radius 1 is 1.32 bits per heavy atom. The zero-order valence-electron chi connectivity index (χ0n) is 13.6. The molecule has 7 nitrogen and oxygen atoms in total. The molecule has 1 N–H and O–H groups in total. The van der Waals surface area contributed by atoms with Crippen molar-refractivity contribution in [1.82, 2.24) is 14.9 Å². The average molecular weight is 358 g/mol. The molecule has 130 valence electrons. The van der Waals surface area contributed by atoms with Crippen LogP contribution in [0, 0.1) is 5.41 Å². The van der Waals surface area contributed by atoms with Crippen LogP contribution in [0.1, 0.15) is 29.0 Å². The first-order valence-corrected chi connectivity index (χ1v) is 9.08. The van der Waals surface area contributed by atoms with E-state index < -0.39 is 5.97 Å². The number of nitrogens with zero attached hydrogens (tertiary/aromatic N) is 4. The van der Waals surface area contributed by atoms with Crippen molar-refractivity contribution in [2.45, 2.75) is 19.4 Å². The molecule has 0 radical (unpaired) electrons. The Labute approximate surface area is 148 Å². The van der Waals surface area contributed by atoms with E-state index in [1.54, 1.807) is 11.6 Å². The van der Waals surface area contributed by atoms with Gasteiger partial charge in [-0.05, 0) is 25.0 Å². The third-order valence-electron chi connectivity index (χ3n) is 5.02. The molecule has 1 unspecified atom stereocenters. The second-order valence-corrected chi connectivity index (χ2v) is 7.41. The van der Waals surface area contributed by atoms with Gasteiger partial charge in [-0.25, -0.2) is 9.78 Å². The SMILES string of the molecule is O=C(O)c1csc(N2CCC3(CCN(Cc4ccccn4)C3=O)C2)n1. The lowest BCUT2D eigenvalue weighted by atomic mass is 9.85. The van der Waals surface area contributed by atoms with Crippen molar-refractivity contribution in [3.63, 3.8) is 0 Å². The van der Waals surface area contributed by atoms with Crippen molar-refractivity contribution in [2.24, 2.45) is 5.41 Å². The van der Waals surface area contributed by atoms with Gasteiger partial charge >= 0.3 is 5.97 Å². The van der Waals surface area contributed by atoms with Gasteiger partial charge in [0.15, 0.2) is 10.8 Å². The normalized spacial score (nSPS) is 23.0. The molecular formula is C17H18N4O3S. The lowest BCUT2D eigenvalue weighted by molar-refractivity contribution is -0.135. The quantitative estimate of drug-likeness (QED) is 0.898. The fourth-order valence-electron chi connectivity index (χ4n) is 3.65. The summed E-state index contributed by atoms with van der Waals surface area (Å²) in [7, 11) is 0. The summed E-state index contributed by atoms with van der Waals surface area (Å²) in [6.45, 7) is 2.62. The number of likely N-dealkylation sites (tertiary alicyclic amines) is 1. The van der Waals surface area contributed by atoms with Gasteiger partial charge in [-0.3, -0.25) is 9.78 Å². The number of carbonyl (C=O) groups excluding carboxylic acids is 1. The van der Waals surface area contributed by atoms with E-state index in [1.165, 1.54) is 11.3 Å². The molecule has 0 bridgehead atoms. The fraction of sp³-hybridized carbons (Fsp3) is 0.412. The topological polar surface area (TPSA) is 86.6 Å². The summed E-state index contributed by atoms with van der Waals surface area (Å²) in [5, 5.41) is 11.3. The molecule has 25 heavy (non-hydrogen) atoms. The van der Waals surface area contributed by atoms with Crippen molar-refractivity contribution in [1.29, 1.82) is 0 Å². The number of pyridine rings is 1. The van der Waals surface area contributed by atoms with Crippen LogP contribution in [0.2, 0.25) is 0 Å². The molecule has 1 spiro atoms. The molecule has 2 saturated heterocycles. The van der Waals surface area contributed by atoms with Gasteiger partial charge in [0.2, 0.25) is 5.91 Å². The number of aromatic carboxylic acids is 1. The molecule has 2 aromatic heterocycles. The second-order valence-electron chi connectivity index (χ2n) is 6.57. The number of hydrogen-bond donors (Lipinski definition) is 1. The van der Waals surface area contributed by atoms with E-state index in [2.05, 4.69) is 9.97 Å². The maximum atomic E-state index is 13.0. The van der Waals surface area contributed by atoms with Gasteiger partial charge in [0.1, 0.15) is 0 Å². The number of anilines is 1. The highest BCUT2D eigenvalue weighted by Crippen LogP contribution is 2.43. The van der Waals surface area contributed by atoms with Crippen molar-refractivity contribution in [3.05, 3.63) is 41.2 Å². The zero-order valence-corrected chi connectivity index (χ0v) is 14.4. The summed E-state index contributed by atoms with van der Waals surface area (Å²) in [5.41, 5.74) is 0.591. The van der Waals surface area contributed by atoms with E-state index in [0.717, 1.165) is 31.6 Å². The smallest absolute Gasteiger partial charge is 0.355 e. The van der Waals surface area contributed by atoms with Gasteiger partial charge in [0, 0.05) is 31.2 Å². The first-order valence-electron chi connectivity index (χ1n) is 8.20. The maximum absolute atomic E-state index is 13.0. The van der Waals surface area contributed by atoms with E-state index in [-0.39, 0.29) is 17.0 Å². The van der Waals surface area contributed by atoms with Crippen LogP contribution in [0.4, 0.5) is 5.13 Å². The number of rotatable bonds is 4. The molecule has 0 aliphatic carbocycles. The number of carboxylic acid groups (broad SMARTS) is 1. The van der Waals surface area contributed by atoms with Gasteiger partial charge in [-0.1, -0.05) is 6.07 Å². The summed E-state index contributed by atoms with van der Waals surface area (Å²) in [4.78, 5) is 36.4. The van der Waals surface area contributed by atoms with Gasteiger partial charge in [-0.2, -0.15) is 0 Å². The van der Waals surface area contributed by atoms with Gasteiger partial charge in [0.05, 0.1) is 17.7 Å². The van der Waals surface area contributed by atoms with Crippen molar-refractivity contribution in [2.75, 3.05) is 24.5 Å². The number of amides is 1. The number of thiazole rings is 1. The maximum Gasteiger partial charge on any atom is 0.355 e. The van der Waals surface area contributed by atoms with Gasteiger partial charge in [-0.15, -0.1) is 11.3 Å². The average Bonchev–Trinajstić information content (AvgIpc) is 3.32. The summed E-state index contributed by atoms with van der Waals surface area (Å²) >= 11 is 1.32. The molecule has 1 atom stereocenters. The van der Waals surface area contributed by atoms with E-state index in [4.69, 9.17) is 5.11 Å². The first-order chi connectivity index (χ1) is 12.1. The third kappa shape index (κ3) is 2.86. The molecule has 4 rings (SSSR count). The molecule has 0 aromatic carbocycles. The lowest BCUT2D eigenvalue weighted by Crippen LogP contribution is -2.36. The molecular weight excluding hydrogens is 340 g/mol. The predicted molar refractivity (Wildman–Crippen MR) is 92.6 cm³/mol. The standard InChI is InChI=1S/C17H18N4O3S/c22-14(23)13-10-25-16(19-13)21-8-5-17(11-21)4-7-20(15(17)24)9-12-3-1-2-6-18-12/h1-3,6,10H,4-5,7-9,11H2,(H,22,23). The summed E-state index contributed by atoms with van der Waals surface area (Å²) in [5.74, 6) is -0.842. The van der Waals surface area contributed by atoms with Crippen molar-refractivity contribution >= 4 is 28.3 Å². The number of hydrogen-bond acceptors (Lipinski definition) is 6. The largest absolute Gasteiger partial charge is 0.476 e. The van der Waals surface area contributed by atoms with Gasteiger partial charge in [0.25, 0.3) is 0 Å². The molecule has 2 fully saturated rings. The summed E-state index contributed by atoms with van der Waals surface area (Å²) < 4.78 is 0. The Morgan fingerprint density at radius 3 is 2.88 bits per heavy atom. The van der Waals surface area contributed by atoms with Crippen LogP contribution in [-0.4, -0.2) is 51.5 Å². The van der Waals surface area contributed by atoms with Crippen LogP contribution in [0.25, 0.3) is 0 Å². The van der Waals surface area contributed by atoms with E-state index in [9.17, 15) is 9.59 Å². The monoisotopic (exact) mass is 358 g/mol. The number of aromatic nitrogens is 2. The Kier molecular flexibility index (Phi) is 3.91. The highest BCUT2D eigenvalue weighted by molar-refractivity contribution is 7.13. The molecule has 0 saturated carbocycles. The van der Waals surface area contributed by atoms with Crippen LogP contribution in [0.15, 0.2) is 29.8 Å². The van der Waals surface area contributed by atoms with E-state index >= 15 is 0 Å². The highest BCUT2D eigenvalue weighted by atomic mass is 32.1. The van der Waals surface area contributed by atoms with Crippen LogP contribution in [0.3, 0.4) is 0 Å². The molecule has 2 aliphatic heterocycles. The molecule has 2 aromatic rings. The minimum Gasteiger partial charge on any atom is -0.476 e. The van der Waals surface area contributed by atoms with Crippen molar-refractivity contribution < 1.29 is 14.7 Å². The Bertz CT molecular complexity index is 809. The molecule has 1 amide bonds. The predicted octanol–water partition coefficient (Wildman–Crippen LogP) is 1.87. The molecule has 4 heterocycles. The van der Waals surface area contributed by atoms with E-state index in [0.29, 0.717) is 18.2 Å². The van der Waals surface area contributed by atoms with Crippen LogP contribution >= 0.6 is 11.3 Å². The summed E-state index contributed by atoms with van der Waals surface area (Å²) in [6.07, 6.45) is 3.35. The fourth-order valence-corrected chi connectivity index (χ4v) is 4.48. The van der Waals surface area contributed by atoms with E-state index in [1.807, 2.05) is 28.0 Å². The summed E-state index contributed by atoms with van der Waals surface area (Å²) in [6, 6.07) is 5.73. The zero-order chi connectivity index (χ0) is 17.4. The number of carboxylic acids is 1. The minimum atomic E-state index is -1.02. The van der Waals surface area contributed by atoms with Crippen LogP contribution in [-0.2, 0) is 11.3 Å². The Hall–Kier alpha value is -2.48. The molecule has 2 aliphatic rings. The lowest BCUT2D eigenvalue weighted by Gasteiger charge is -2.23. The van der Waals surface area contributed by atoms with Crippen LogP contribution in [0.5, 0.6) is 0 Å². The number of carbonyl (C=O) groups is 2. The minimum absolute atomic E-state index is 0.0653. The Morgan fingerprint density at radius 2 is 2.16 bits per heavy atom. The van der Waals surface area contributed by atoms with Gasteiger partial charge < -0.3 is 14.9 Å². The third-order valence-corrected chi connectivity index (χ3v) is 5.92. The highest BCUT2D eigenvalue weighted by Gasteiger charge is 2.51. The Balaban J connectivity index is 1.46. The first kappa shape index (κ1) is 16.0. The second kappa shape index (κ2) is 6.11.